The quantitative estimate of drug-likeness (QED) is 0.0342. The van der Waals surface area contributed by atoms with Crippen molar-refractivity contribution in [2.75, 3.05) is 52.6 Å². The van der Waals surface area contributed by atoms with E-state index >= 15 is 0 Å². The number of aliphatic hydroxyl groups is 3. The van der Waals surface area contributed by atoms with Crippen LogP contribution in [0, 0.1) is 11.8 Å². The molecule has 1 aromatic heterocycles. The number of β-lactam (4-membered cyclic amide) rings is 1. The van der Waals surface area contributed by atoms with E-state index in [0.717, 1.165) is 29.5 Å². The first-order chi connectivity index (χ1) is 32.4. The Morgan fingerprint density at radius 1 is 1.03 bits per heavy atom. The van der Waals surface area contributed by atoms with Gasteiger partial charge in [-0.05, 0) is 84.2 Å². The molecule has 0 radical (unpaired) electrons. The largest absolute Gasteiger partial charge is 0.508 e. The fourth-order valence-corrected chi connectivity index (χ4v) is 10.4. The van der Waals surface area contributed by atoms with Gasteiger partial charge < -0.3 is 61.2 Å². The van der Waals surface area contributed by atoms with E-state index in [-0.39, 0.29) is 64.7 Å². The number of aliphatic carboxylic acids is 2. The van der Waals surface area contributed by atoms with Crippen molar-refractivity contribution >= 4 is 64.4 Å². The molecule has 69 heavy (non-hydrogen) atoms. The number of amides is 3. The van der Waals surface area contributed by atoms with E-state index in [2.05, 4.69) is 20.8 Å². The van der Waals surface area contributed by atoms with Crippen molar-refractivity contribution in [3.8, 4) is 11.5 Å². The summed E-state index contributed by atoms with van der Waals surface area (Å²) in [7, 11) is 9.46. The molecule has 0 spiro atoms. The molecule has 3 heterocycles. The van der Waals surface area contributed by atoms with E-state index in [9.17, 15) is 69.3 Å². The number of carboxylic acids is 2. The molecule has 5 aliphatic rings. The molecule has 10 N–H and O–H groups in total. The number of methoxy groups -OCH3 is 1. The van der Waals surface area contributed by atoms with Gasteiger partial charge in [0.05, 0.1) is 18.2 Å². The predicted molar refractivity (Wildman–Crippen MR) is 236 cm³/mol. The number of anilines is 1. The second kappa shape index (κ2) is 18.3. The summed E-state index contributed by atoms with van der Waals surface area (Å²) in [5.41, 5.74) is 0.975. The monoisotopic (exact) mass is 977 g/mol. The standard InChI is InChI=1S/C23H27N3O7.C20H20N6O9S/c1-25(2)12-5-6-13(27)15-10(12)7-9-8-11-17(26(3)4)19(29)16(22(24)32)21(31)23(11,33)20(30)14(9)18(15)28;1-25-19(22-23-24-25)36-8-10-7-35-18-20(34-2,17(33)26(18)13(10)16(31)32)21-14(28)12(15(29)30)9-3-5-11(27)6-4-9/h5-6,9,11,17,27-28,31,33H,7-8H2,1-4H3,(H2,24,32);3-6,12,18,27H,7-8H2,1-2H3,(H,21,28)(H,29,30)(H,31,32)/t9-,11-,17-,23-;12?,18-,20+/m01/s1. The lowest BCUT2D eigenvalue weighted by molar-refractivity contribution is -0.258. The van der Waals surface area contributed by atoms with Crippen molar-refractivity contribution in [2.45, 2.75) is 47.5 Å². The number of nitrogens with two attached hydrogens (primary N) is 1. The summed E-state index contributed by atoms with van der Waals surface area (Å²) in [6.07, 6.45) is -1.03. The van der Waals surface area contributed by atoms with Gasteiger partial charge in [0, 0.05) is 51.2 Å². The third-order valence-corrected chi connectivity index (χ3v) is 13.8. The van der Waals surface area contributed by atoms with Gasteiger partial charge in [0.25, 0.3) is 17.5 Å². The van der Waals surface area contributed by atoms with Gasteiger partial charge in [-0.2, -0.15) is 0 Å². The molecule has 25 nitrogen and oxygen atoms in total. The van der Waals surface area contributed by atoms with Crippen LogP contribution in [0.25, 0.3) is 5.76 Å². The molecule has 26 heteroatoms. The molecule has 2 aliphatic heterocycles. The van der Waals surface area contributed by atoms with Gasteiger partial charge in [-0.15, -0.1) is 5.10 Å². The minimum atomic E-state index is -2.63. The lowest BCUT2D eigenvalue weighted by Crippen LogP contribution is -2.82. The first kappa shape index (κ1) is 49.5. The highest BCUT2D eigenvalue weighted by Gasteiger charge is 2.68. The minimum absolute atomic E-state index is 0.0425. The first-order valence-corrected chi connectivity index (χ1v) is 21.7. The van der Waals surface area contributed by atoms with Crippen LogP contribution >= 0.6 is 11.8 Å². The van der Waals surface area contributed by atoms with Gasteiger partial charge in [0.2, 0.25) is 16.8 Å². The Kier molecular flexibility index (Phi) is 13.1. The number of aromatic hydroxyl groups is 2. The number of aromatic nitrogens is 4. The number of carbonyl (C=O) groups excluding carboxylic acids is 5. The molecule has 3 aromatic rings. The molecular formula is C43H47N9O16S. The highest BCUT2D eigenvalue weighted by atomic mass is 32.2. The number of fused-ring (bicyclic) bond motifs is 4. The van der Waals surface area contributed by atoms with Gasteiger partial charge in [0.1, 0.15) is 34.3 Å². The first-order valence-electron chi connectivity index (χ1n) is 20.8. The molecule has 3 amide bonds. The Morgan fingerprint density at radius 2 is 1.70 bits per heavy atom. The maximum Gasteiger partial charge on any atom is 0.352 e. The molecular weight excluding hydrogens is 931 g/mol. The number of rotatable bonds is 12. The van der Waals surface area contributed by atoms with Gasteiger partial charge >= 0.3 is 11.9 Å². The zero-order valence-electron chi connectivity index (χ0n) is 37.6. The second-order valence-electron chi connectivity index (χ2n) is 17.1. The number of ketones is 2. The predicted octanol–water partition coefficient (Wildman–Crippen LogP) is -1.10. The number of benzene rings is 2. The smallest absolute Gasteiger partial charge is 0.352 e. The third-order valence-electron chi connectivity index (χ3n) is 12.7. The molecule has 0 bridgehead atoms. The number of ether oxygens (including phenoxy) is 2. The number of primary amides is 1. The van der Waals surface area contributed by atoms with Gasteiger partial charge in [-0.25, -0.2) is 9.48 Å². The number of likely N-dealkylation sites (N-methyl/N-ethyl adjacent to an activating group) is 1. The van der Waals surface area contributed by atoms with Crippen molar-refractivity contribution in [1.29, 1.82) is 0 Å². The van der Waals surface area contributed by atoms with Crippen LogP contribution in [0.3, 0.4) is 0 Å². The van der Waals surface area contributed by atoms with Crippen LogP contribution in [-0.2, 0) is 56.5 Å². The average molecular weight is 978 g/mol. The second-order valence-corrected chi connectivity index (χ2v) is 18.0. The number of hydrogen-bond acceptors (Lipinski definition) is 20. The van der Waals surface area contributed by atoms with E-state index in [4.69, 9.17) is 15.2 Å². The zero-order chi connectivity index (χ0) is 50.8. The Bertz CT molecular complexity index is 2810. The molecule has 366 valence electrons. The Hall–Kier alpha value is -7.39. The van der Waals surface area contributed by atoms with E-state index < -0.39 is 99.7 Å². The Morgan fingerprint density at radius 3 is 2.25 bits per heavy atom. The molecule has 1 saturated carbocycles. The van der Waals surface area contributed by atoms with Crippen LogP contribution in [0.2, 0.25) is 0 Å². The highest BCUT2D eigenvalue weighted by molar-refractivity contribution is 7.99. The molecule has 2 fully saturated rings. The van der Waals surface area contributed by atoms with Gasteiger partial charge in [-0.1, -0.05) is 23.9 Å². The molecule has 7 atom stereocenters. The van der Waals surface area contributed by atoms with Crippen molar-refractivity contribution < 1.29 is 78.8 Å². The summed E-state index contributed by atoms with van der Waals surface area (Å²) >= 11 is 1.14. The number of phenols is 2. The van der Waals surface area contributed by atoms with E-state index in [1.54, 1.807) is 27.2 Å². The van der Waals surface area contributed by atoms with Crippen LogP contribution in [0.4, 0.5) is 5.69 Å². The molecule has 8 rings (SSSR count). The number of carbonyl (C=O) groups is 7. The summed E-state index contributed by atoms with van der Waals surface area (Å²) in [4.78, 5) is 92.9. The van der Waals surface area contributed by atoms with Crippen molar-refractivity contribution in [1.82, 2.24) is 35.3 Å². The summed E-state index contributed by atoms with van der Waals surface area (Å²) in [5.74, 6) is -13.3. The number of hydrogen-bond donors (Lipinski definition) is 9. The van der Waals surface area contributed by atoms with Crippen molar-refractivity contribution in [3.05, 3.63) is 81.3 Å². The number of aliphatic hydroxyl groups excluding tert-OH is 2. The van der Waals surface area contributed by atoms with E-state index in [1.807, 2.05) is 19.0 Å². The number of tetrazole rings is 1. The number of nitrogens with one attached hydrogen (secondary N) is 1. The highest BCUT2D eigenvalue weighted by Crippen LogP contribution is 2.53. The third kappa shape index (κ3) is 7.97. The van der Waals surface area contributed by atoms with E-state index in [0.29, 0.717) is 10.7 Å². The van der Waals surface area contributed by atoms with Gasteiger partial charge in [0.15, 0.2) is 23.5 Å². The molecule has 1 saturated heterocycles. The van der Waals surface area contributed by atoms with Crippen molar-refractivity contribution in [2.24, 2.45) is 24.6 Å². The Balaban J connectivity index is 0.000000205. The van der Waals surface area contributed by atoms with Crippen molar-refractivity contribution in [3.63, 3.8) is 0 Å². The van der Waals surface area contributed by atoms with Crippen LogP contribution in [-0.4, -0.2) is 178 Å². The lowest BCUT2D eigenvalue weighted by Gasteiger charge is -2.55. The van der Waals surface area contributed by atoms with E-state index in [1.165, 1.54) is 39.9 Å². The molecule has 3 aliphatic carbocycles. The summed E-state index contributed by atoms with van der Waals surface area (Å²) < 4.78 is 12.4. The van der Waals surface area contributed by atoms with Crippen LogP contribution in [0.5, 0.6) is 11.5 Å². The van der Waals surface area contributed by atoms with Crippen LogP contribution < -0.4 is 16.0 Å². The zero-order valence-corrected chi connectivity index (χ0v) is 38.4. The SMILES string of the molecule is CN(C)c1ccc(O)c2c1C[C@H]1C[C@H]3[C@H](N(C)C)C(=O)C(C(N)=O)=C(O)[C@@]3(O)C(=O)C1=C2O.CO[C@@]1(NC(=O)C(C(=O)O)c2ccc(O)cc2)C(=O)N2C(C(=O)O)=C(CSc3nnnn3C)CO[C@@H]21. The van der Waals surface area contributed by atoms with Gasteiger partial charge in [-0.3, -0.25) is 38.6 Å². The number of nitrogens with zero attached hydrogens (tertiary/aromatic N) is 7. The lowest BCUT2D eigenvalue weighted by atomic mass is 9.57. The average Bonchev–Trinajstić information content (AvgIpc) is 3.69. The number of thioether (sulfide) groups is 1. The minimum Gasteiger partial charge on any atom is -0.508 e. The molecule has 1 unspecified atom stereocenters. The summed E-state index contributed by atoms with van der Waals surface area (Å²) in [6.45, 7) is -0.213. The number of aryl methyl sites for hydroxylation is 1. The summed E-state index contributed by atoms with van der Waals surface area (Å²) in [6, 6.07) is 6.94. The number of phenolic OH excluding ortho intramolecular Hbond substituents is 2. The summed E-state index contributed by atoms with van der Waals surface area (Å²) in [5, 5.41) is 86.5. The fourth-order valence-electron chi connectivity index (χ4n) is 9.52. The maximum absolute atomic E-state index is 13.7. The maximum atomic E-state index is 13.7. The number of Topliss-reactive ketones (excluding diaryl/α,β-unsaturated/α-hetero) is 2. The normalized spacial score (nSPS) is 25.4. The molecule has 2 aromatic carbocycles. The topological polar surface area (TPSA) is 371 Å². The fraction of sp³-hybridized carbons (Fsp3) is 0.395. The Labute approximate surface area is 395 Å². The van der Waals surface area contributed by atoms with Crippen LogP contribution in [0.15, 0.2) is 69.7 Å². The van der Waals surface area contributed by atoms with Crippen LogP contribution in [0.1, 0.15) is 29.0 Å². The number of carboxylic acid groups (broad SMARTS) is 2.